The lowest BCUT2D eigenvalue weighted by atomic mass is 9.83. The topological polar surface area (TPSA) is 130 Å². The van der Waals surface area contributed by atoms with Crippen LogP contribution in [0.25, 0.3) is 0 Å². The first kappa shape index (κ1) is 23.9. The molecule has 9 heteroatoms. The van der Waals surface area contributed by atoms with E-state index in [9.17, 15) is 9.59 Å². The number of aromatic nitrogens is 1. The zero-order chi connectivity index (χ0) is 22.6. The van der Waals surface area contributed by atoms with Crippen LogP contribution in [-0.2, 0) is 20.9 Å². The Balaban J connectivity index is 0.00000107. The van der Waals surface area contributed by atoms with Crippen LogP contribution in [-0.4, -0.2) is 54.7 Å². The average Bonchev–Trinajstić information content (AvgIpc) is 3.33. The summed E-state index contributed by atoms with van der Waals surface area (Å²) in [6.45, 7) is 0.195. The minimum atomic E-state index is -0.250. The van der Waals surface area contributed by atoms with E-state index < -0.39 is 0 Å². The maximum Gasteiger partial charge on any atom is 0.290 e. The second kappa shape index (κ2) is 12.4. The first-order valence-corrected chi connectivity index (χ1v) is 9.97. The predicted octanol–water partition coefficient (Wildman–Crippen LogP) is 1.95. The van der Waals surface area contributed by atoms with Crippen molar-refractivity contribution in [3.63, 3.8) is 0 Å². The molecule has 9 nitrogen and oxygen atoms in total. The molecule has 0 spiro atoms. The van der Waals surface area contributed by atoms with Gasteiger partial charge in [-0.25, -0.2) is 0 Å². The molecular weight excluding hydrogens is 402 g/mol. The summed E-state index contributed by atoms with van der Waals surface area (Å²) in [4.78, 5) is 36.3. The van der Waals surface area contributed by atoms with Crippen LogP contribution in [0.2, 0.25) is 0 Å². The van der Waals surface area contributed by atoms with Gasteiger partial charge in [0, 0.05) is 32.0 Å². The van der Waals surface area contributed by atoms with Gasteiger partial charge >= 0.3 is 0 Å². The molecule has 1 aromatic carbocycles. The number of methoxy groups -OCH3 is 2. The molecule has 1 aliphatic carbocycles. The summed E-state index contributed by atoms with van der Waals surface area (Å²) in [5.74, 6) is 0.442. The molecule has 0 unspecified atom stereocenters. The fourth-order valence-electron chi connectivity index (χ4n) is 3.65. The molecule has 1 aliphatic rings. The third-order valence-corrected chi connectivity index (χ3v) is 5.24. The van der Waals surface area contributed by atoms with E-state index in [0.29, 0.717) is 18.5 Å². The fourth-order valence-corrected chi connectivity index (χ4v) is 3.65. The molecule has 3 rings (SSSR count). The molecule has 1 heterocycles. The lowest BCUT2D eigenvalue weighted by molar-refractivity contribution is -0.127. The van der Waals surface area contributed by atoms with E-state index in [2.05, 4.69) is 15.6 Å². The van der Waals surface area contributed by atoms with Crippen molar-refractivity contribution in [1.29, 1.82) is 0 Å². The zero-order valence-electron chi connectivity index (χ0n) is 17.7. The molecule has 2 aromatic rings. The van der Waals surface area contributed by atoms with Crippen molar-refractivity contribution in [3.05, 3.63) is 53.9 Å². The Labute approximate surface area is 181 Å². The van der Waals surface area contributed by atoms with Crippen LogP contribution in [0, 0.1) is 5.92 Å². The van der Waals surface area contributed by atoms with Gasteiger partial charge < -0.3 is 30.2 Å². The Morgan fingerprint density at radius 3 is 2.68 bits per heavy atom. The first-order chi connectivity index (χ1) is 15.0. The molecule has 0 aliphatic heterocycles. The number of carbonyl (C=O) groups excluding carboxylic acids is 2. The largest absolute Gasteiger partial charge is 0.497 e. The van der Waals surface area contributed by atoms with E-state index in [4.69, 9.17) is 19.4 Å². The summed E-state index contributed by atoms with van der Waals surface area (Å²) in [5.41, 5.74) is 1.55. The van der Waals surface area contributed by atoms with Crippen molar-refractivity contribution in [2.45, 2.75) is 38.0 Å². The Bertz CT molecular complexity index is 840. The number of amides is 2. The number of carbonyl (C=O) groups is 3. The van der Waals surface area contributed by atoms with E-state index in [1.807, 2.05) is 24.3 Å². The monoisotopic (exact) mass is 431 g/mol. The molecule has 4 N–H and O–H groups in total. The Kier molecular flexibility index (Phi) is 9.57. The van der Waals surface area contributed by atoms with Crippen molar-refractivity contribution < 1.29 is 29.0 Å². The van der Waals surface area contributed by atoms with Gasteiger partial charge in [-0.2, -0.15) is 0 Å². The summed E-state index contributed by atoms with van der Waals surface area (Å²) in [7, 11) is 3.26. The quantitative estimate of drug-likeness (QED) is 0.496. The number of rotatable bonds is 7. The van der Waals surface area contributed by atoms with Crippen LogP contribution in [0.5, 0.6) is 5.75 Å². The lowest BCUT2D eigenvalue weighted by Gasteiger charge is -2.35. The zero-order valence-corrected chi connectivity index (χ0v) is 17.7. The molecule has 168 valence electrons. The van der Waals surface area contributed by atoms with Crippen LogP contribution >= 0.6 is 0 Å². The van der Waals surface area contributed by atoms with Gasteiger partial charge in [-0.1, -0.05) is 12.1 Å². The predicted molar refractivity (Wildman–Crippen MR) is 114 cm³/mol. The second-order valence-corrected chi connectivity index (χ2v) is 7.14. The number of nitrogens with one attached hydrogen (secondary N) is 3. The molecule has 1 saturated carbocycles. The number of H-pyrrole nitrogens is 1. The highest BCUT2D eigenvalue weighted by atomic mass is 16.5. The molecular formula is C22H29N3O6. The summed E-state index contributed by atoms with van der Waals surface area (Å²) < 4.78 is 10.8. The van der Waals surface area contributed by atoms with Gasteiger partial charge in [0.05, 0.1) is 24.8 Å². The molecule has 31 heavy (non-hydrogen) atoms. The third kappa shape index (κ3) is 7.14. The second-order valence-electron chi connectivity index (χ2n) is 7.14. The third-order valence-electron chi connectivity index (χ3n) is 5.24. The maximum atomic E-state index is 12.7. The highest BCUT2D eigenvalue weighted by molar-refractivity contribution is 5.94. The molecule has 1 aromatic heterocycles. The van der Waals surface area contributed by atoms with Gasteiger partial charge in [0.2, 0.25) is 5.91 Å². The Morgan fingerprint density at radius 2 is 2.03 bits per heavy atom. The van der Waals surface area contributed by atoms with E-state index >= 15 is 0 Å². The average molecular weight is 431 g/mol. The Morgan fingerprint density at radius 1 is 1.26 bits per heavy atom. The van der Waals surface area contributed by atoms with Crippen molar-refractivity contribution >= 4 is 18.3 Å². The molecule has 1 fully saturated rings. The van der Waals surface area contributed by atoms with Crippen LogP contribution in [0.3, 0.4) is 0 Å². The first-order valence-electron chi connectivity index (χ1n) is 9.97. The SMILES string of the molecule is COc1cccc(CNC(=O)[C@H]2CC[C@@H](OC)[C@H](NC(=O)c3cc[nH]c3)C2)c1.O=CO. The summed E-state index contributed by atoms with van der Waals surface area (Å²) in [6.07, 6.45) is 5.28. The standard InChI is InChI=1S/C21H27N3O4.CH2O2/c1-27-17-5-3-4-14(10-17)12-23-20(25)15-6-7-19(28-2)18(11-15)24-21(26)16-8-9-22-13-16;2-1-3/h3-5,8-10,13,15,18-19,22H,6-7,11-12H2,1-2H3,(H,23,25)(H,24,26);1H,(H,2,3)/t15-,18+,19+;/m0./s1. The van der Waals surface area contributed by atoms with Crippen LogP contribution in [0.15, 0.2) is 42.7 Å². The summed E-state index contributed by atoms with van der Waals surface area (Å²) in [6, 6.07) is 9.14. The van der Waals surface area contributed by atoms with Gasteiger partial charge in [0.1, 0.15) is 5.75 Å². The molecule has 0 radical (unpaired) electrons. The minimum Gasteiger partial charge on any atom is -0.497 e. The summed E-state index contributed by atoms with van der Waals surface area (Å²) >= 11 is 0. The van der Waals surface area contributed by atoms with Crippen molar-refractivity contribution in [3.8, 4) is 5.75 Å². The van der Waals surface area contributed by atoms with Gasteiger partial charge in [-0.15, -0.1) is 0 Å². The highest BCUT2D eigenvalue weighted by Crippen LogP contribution is 2.27. The van der Waals surface area contributed by atoms with Crippen molar-refractivity contribution in [1.82, 2.24) is 15.6 Å². The van der Waals surface area contributed by atoms with Crippen molar-refractivity contribution in [2.24, 2.45) is 5.92 Å². The van der Waals surface area contributed by atoms with Crippen molar-refractivity contribution in [2.75, 3.05) is 14.2 Å². The van der Waals surface area contributed by atoms with E-state index in [0.717, 1.165) is 24.2 Å². The summed E-state index contributed by atoms with van der Waals surface area (Å²) in [5, 5.41) is 12.9. The van der Waals surface area contributed by atoms with E-state index in [1.165, 1.54) is 0 Å². The van der Waals surface area contributed by atoms with Crippen LogP contribution in [0.4, 0.5) is 0 Å². The van der Waals surface area contributed by atoms with Gasteiger partial charge in [0.15, 0.2) is 0 Å². The lowest BCUT2D eigenvalue weighted by Crippen LogP contribution is -2.50. The van der Waals surface area contributed by atoms with E-state index in [1.54, 1.807) is 32.7 Å². The molecule has 0 bridgehead atoms. The molecule has 2 amide bonds. The molecule has 3 atom stereocenters. The van der Waals surface area contributed by atoms with E-state index in [-0.39, 0.29) is 36.4 Å². The molecule has 0 saturated heterocycles. The maximum absolute atomic E-state index is 12.7. The highest BCUT2D eigenvalue weighted by Gasteiger charge is 2.35. The normalized spacial score (nSPS) is 20.0. The van der Waals surface area contributed by atoms with Gasteiger partial charge in [-0.05, 0) is 43.0 Å². The van der Waals surface area contributed by atoms with Gasteiger partial charge in [-0.3, -0.25) is 14.4 Å². The Hall–Kier alpha value is -3.33. The number of benzene rings is 1. The van der Waals surface area contributed by atoms with Gasteiger partial charge in [0.25, 0.3) is 12.4 Å². The number of carboxylic acid groups (broad SMARTS) is 1. The minimum absolute atomic E-state index is 0.00161. The smallest absolute Gasteiger partial charge is 0.290 e. The fraction of sp³-hybridized carbons (Fsp3) is 0.409. The number of aromatic amines is 1. The number of ether oxygens (including phenoxy) is 2. The number of hydrogen-bond donors (Lipinski definition) is 4. The number of hydrogen-bond acceptors (Lipinski definition) is 5. The van der Waals surface area contributed by atoms with Crippen LogP contribution < -0.4 is 15.4 Å². The van der Waals surface area contributed by atoms with Crippen LogP contribution in [0.1, 0.15) is 35.2 Å².